The van der Waals surface area contributed by atoms with E-state index in [1.807, 2.05) is 6.07 Å². The molecule has 0 heterocycles. The van der Waals surface area contributed by atoms with Crippen molar-refractivity contribution in [3.8, 4) is 0 Å². The molecule has 2 atom stereocenters. The molecule has 0 bridgehead atoms. The Labute approximate surface area is 195 Å². The third-order valence-electron chi connectivity index (χ3n) is 5.72. The van der Waals surface area contributed by atoms with Crippen LogP contribution in [-0.2, 0) is 4.74 Å². The van der Waals surface area contributed by atoms with Gasteiger partial charge in [0, 0.05) is 12.3 Å². The van der Waals surface area contributed by atoms with Gasteiger partial charge in [-0.15, -0.1) is 0 Å². The van der Waals surface area contributed by atoms with E-state index in [9.17, 15) is 0 Å². The molecule has 2 unspecified atom stereocenters. The van der Waals surface area contributed by atoms with Crippen LogP contribution in [0, 0.1) is 0 Å². The molecule has 0 saturated carbocycles. The maximum Gasteiger partial charge on any atom is 0.114 e. The summed E-state index contributed by atoms with van der Waals surface area (Å²) in [6.45, 7) is 23.7. The normalized spacial score (nSPS) is 14.5. The predicted molar refractivity (Wildman–Crippen MR) is 144 cm³/mol. The van der Waals surface area contributed by atoms with Crippen LogP contribution in [0.2, 0.25) is 39.3 Å². The summed E-state index contributed by atoms with van der Waals surface area (Å²) in [6, 6.07) is 19.7. The van der Waals surface area contributed by atoms with Gasteiger partial charge in [-0.2, -0.15) is 0 Å². The van der Waals surface area contributed by atoms with Crippen LogP contribution in [0.3, 0.4) is 0 Å². The SMILES string of the molecule is C=C(c1ccccc1)c1ccc([Si]COC(C)C(CC)N([Si](C)(C)C)[Si](C)(C)C)cc1. The fraction of sp³-hybridized carbons (Fsp3) is 0.462. The second kappa shape index (κ2) is 11.1. The molecular weight excluding hydrogens is 427 g/mol. The summed E-state index contributed by atoms with van der Waals surface area (Å²) in [5.74, 6) is 0. The topological polar surface area (TPSA) is 12.5 Å². The van der Waals surface area contributed by atoms with E-state index in [0.717, 1.165) is 18.2 Å². The number of ether oxygens (including phenoxy) is 1. The minimum atomic E-state index is -1.41. The van der Waals surface area contributed by atoms with Gasteiger partial charge in [0.1, 0.15) is 26.0 Å². The highest BCUT2D eigenvalue weighted by molar-refractivity contribution is 6.89. The van der Waals surface area contributed by atoms with Crippen molar-refractivity contribution in [3.05, 3.63) is 72.3 Å². The minimum absolute atomic E-state index is 0.257. The lowest BCUT2D eigenvalue weighted by molar-refractivity contribution is 0.0543. The minimum Gasteiger partial charge on any atom is -0.380 e. The van der Waals surface area contributed by atoms with Gasteiger partial charge in [-0.3, -0.25) is 0 Å². The van der Waals surface area contributed by atoms with Gasteiger partial charge in [0.2, 0.25) is 0 Å². The van der Waals surface area contributed by atoms with Crippen LogP contribution in [0.25, 0.3) is 5.57 Å². The zero-order valence-corrected chi connectivity index (χ0v) is 23.8. The Morgan fingerprint density at radius 2 is 1.42 bits per heavy atom. The van der Waals surface area contributed by atoms with E-state index in [1.54, 1.807) is 0 Å². The van der Waals surface area contributed by atoms with Crippen molar-refractivity contribution < 1.29 is 4.74 Å². The third-order valence-corrected chi connectivity index (χ3v) is 14.3. The van der Waals surface area contributed by atoms with E-state index in [-0.39, 0.29) is 6.10 Å². The number of benzene rings is 2. The Balaban J connectivity index is 1.96. The van der Waals surface area contributed by atoms with Gasteiger partial charge < -0.3 is 8.97 Å². The molecule has 2 aromatic rings. The van der Waals surface area contributed by atoms with Crippen LogP contribution in [0.4, 0.5) is 0 Å². The first-order valence-electron chi connectivity index (χ1n) is 11.4. The summed E-state index contributed by atoms with van der Waals surface area (Å²) in [6.07, 6.45) is 2.20. The number of rotatable bonds is 11. The Morgan fingerprint density at radius 3 is 1.90 bits per heavy atom. The van der Waals surface area contributed by atoms with Crippen LogP contribution >= 0.6 is 0 Å². The van der Waals surface area contributed by atoms with Crippen LogP contribution in [0.5, 0.6) is 0 Å². The van der Waals surface area contributed by atoms with Gasteiger partial charge >= 0.3 is 0 Å². The van der Waals surface area contributed by atoms with Gasteiger partial charge in [-0.05, 0) is 30.0 Å². The number of nitrogens with zero attached hydrogens (tertiary/aromatic N) is 1. The summed E-state index contributed by atoms with van der Waals surface area (Å²) >= 11 is 0. The number of hydrogen-bond donors (Lipinski definition) is 0. The molecule has 168 valence electrons. The van der Waals surface area contributed by atoms with Gasteiger partial charge in [0.05, 0.1) is 6.10 Å². The molecule has 0 aliphatic rings. The lowest BCUT2D eigenvalue weighted by atomic mass is 10.00. The van der Waals surface area contributed by atoms with Crippen molar-refractivity contribution in [1.82, 2.24) is 4.23 Å². The van der Waals surface area contributed by atoms with Crippen molar-refractivity contribution in [2.45, 2.75) is 71.7 Å². The third kappa shape index (κ3) is 7.39. The molecule has 2 radical (unpaired) electrons. The lowest BCUT2D eigenvalue weighted by Gasteiger charge is -2.50. The highest BCUT2D eigenvalue weighted by Gasteiger charge is 2.40. The summed E-state index contributed by atoms with van der Waals surface area (Å²) in [4.78, 5) is 0. The highest BCUT2D eigenvalue weighted by Crippen LogP contribution is 2.27. The summed E-state index contributed by atoms with van der Waals surface area (Å²) in [5, 5.41) is 1.34. The Bertz CT molecular complexity index is 808. The largest absolute Gasteiger partial charge is 0.380 e. The van der Waals surface area contributed by atoms with E-state index in [0.29, 0.717) is 15.6 Å². The van der Waals surface area contributed by atoms with Crippen molar-refractivity contribution in [2.24, 2.45) is 0 Å². The van der Waals surface area contributed by atoms with Crippen LogP contribution in [-0.4, -0.2) is 48.6 Å². The zero-order valence-electron chi connectivity index (χ0n) is 20.8. The molecule has 0 amide bonds. The highest BCUT2D eigenvalue weighted by atomic mass is 28.4. The molecule has 2 rings (SSSR count). The smallest absolute Gasteiger partial charge is 0.114 e. The van der Waals surface area contributed by atoms with Gasteiger partial charge in [-0.25, -0.2) is 0 Å². The fourth-order valence-electron chi connectivity index (χ4n) is 4.69. The molecule has 0 aliphatic heterocycles. The summed E-state index contributed by atoms with van der Waals surface area (Å²) in [5.41, 5.74) is 3.43. The molecule has 2 aromatic carbocycles. The first-order valence-corrected chi connectivity index (χ1v) is 19.5. The van der Waals surface area contributed by atoms with Crippen LogP contribution in [0.15, 0.2) is 61.2 Å². The zero-order chi connectivity index (χ0) is 23.2. The Kier molecular flexibility index (Phi) is 9.28. The lowest BCUT2D eigenvalue weighted by Crippen LogP contribution is -2.65. The maximum atomic E-state index is 6.41. The molecule has 0 N–H and O–H groups in total. The first kappa shape index (κ1) is 26.0. The second-order valence-corrected chi connectivity index (χ2v) is 21.6. The van der Waals surface area contributed by atoms with E-state index >= 15 is 0 Å². The summed E-state index contributed by atoms with van der Waals surface area (Å²) < 4.78 is 9.32. The van der Waals surface area contributed by atoms with E-state index in [2.05, 4.69) is 112 Å². The molecule has 0 fully saturated rings. The van der Waals surface area contributed by atoms with E-state index in [4.69, 9.17) is 4.74 Å². The quantitative estimate of drug-likeness (QED) is 0.365. The standard InChI is InChI=1S/C26H41NOSi3/c1-10-26(27(30(4,5)6)31(7,8)9)22(3)28-20-29-25-18-16-24(17-19-25)21(2)23-14-12-11-13-15-23/h11-19,22,26H,2,10,20H2,1,3-9H3. The molecule has 2 nitrogen and oxygen atoms in total. The van der Waals surface area contributed by atoms with Gasteiger partial charge in [0.15, 0.2) is 0 Å². The number of hydrogen-bond acceptors (Lipinski definition) is 2. The Morgan fingerprint density at radius 1 is 0.903 bits per heavy atom. The summed E-state index contributed by atoms with van der Waals surface area (Å²) in [7, 11) is -2.15. The van der Waals surface area contributed by atoms with Crippen molar-refractivity contribution in [2.75, 3.05) is 6.23 Å². The first-order chi connectivity index (χ1) is 14.4. The molecular formula is C26H41NOSi3. The monoisotopic (exact) mass is 467 g/mol. The van der Waals surface area contributed by atoms with Gasteiger partial charge in [-0.1, -0.05) is 113 Å². The van der Waals surface area contributed by atoms with Crippen LogP contribution in [0.1, 0.15) is 31.4 Å². The fourth-order valence-corrected chi connectivity index (χ4v) is 16.4. The molecule has 5 heteroatoms. The van der Waals surface area contributed by atoms with Crippen molar-refractivity contribution in [1.29, 1.82) is 0 Å². The van der Waals surface area contributed by atoms with E-state index < -0.39 is 16.5 Å². The average molecular weight is 468 g/mol. The molecule has 0 spiro atoms. The van der Waals surface area contributed by atoms with Crippen LogP contribution < -0.4 is 5.19 Å². The van der Waals surface area contributed by atoms with Crippen molar-refractivity contribution in [3.63, 3.8) is 0 Å². The van der Waals surface area contributed by atoms with E-state index in [1.165, 1.54) is 16.3 Å². The molecule has 31 heavy (non-hydrogen) atoms. The average Bonchev–Trinajstić information content (AvgIpc) is 2.70. The Hall–Kier alpha value is -1.25. The second-order valence-electron chi connectivity index (χ2n) is 10.3. The van der Waals surface area contributed by atoms with Crippen molar-refractivity contribution >= 4 is 36.8 Å². The molecule has 0 saturated heterocycles. The molecule has 0 aliphatic carbocycles. The maximum absolute atomic E-state index is 6.41. The molecule has 0 aromatic heterocycles. The van der Waals surface area contributed by atoms with Gasteiger partial charge in [0.25, 0.3) is 0 Å². The predicted octanol–water partition coefficient (Wildman–Crippen LogP) is 6.19.